The first-order valence-corrected chi connectivity index (χ1v) is 12.7. The van der Waals surface area contributed by atoms with Gasteiger partial charge in [-0.1, -0.05) is 58.0 Å². The van der Waals surface area contributed by atoms with Crippen LogP contribution in [0.5, 0.6) is 5.75 Å². The third-order valence-corrected chi connectivity index (χ3v) is 7.52. The minimum Gasteiger partial charge on any atom is -0.480 e. The van der Waals surface area contributed by atoms with Gasteiger partial charge >= 0.3 is 0 Å². The maximum atomic E-state index is 6.63. The molecular formula is C23H17BrN4OS2. The zero-order chi connectivity index (χ0) is 20.9. The molecule has 0 unspecified atom stereocenters. The molecule has 6 rings (SSSR count). The van der Waals surface area contributed by atoms with E-state index in [0.717, 1.165) is 43.7 Å². The lowest BCUT2D eigenvalue weighted by Gasteiger charge is -2.38. The molecule has 2 atom stereocenters. The topological polar surface area (TPSA) is 52.0 Å². The van der Waals surface area contributed by atoms with Crippen LogP contribution in [-0.4, -0.2) is 21.0 Å². The van der Waals surface area contributed by atoms with Gasteiger partial charge in [0.25, 0.3) is 0 Å². The molecule has 0 fully saturated rings. The number of rotatable bonds is 3. The van der Waals surface area contributed by atoms with Crippen LogP contribution in [0.2, 0.25) is 0 Å². The van der Waals surface area contributed by atoms with Gasteiger partial charge in [0.1, 0.15) is 17.9 Å². The summed E-state index contributed by atoms with van der Waals surface area (Å²) in [6.45, 7) is 0. The maximum Gasteiger partial charge on any atom is 0.227 e. The lowest BCUT2D eigenvalue weighted by atomic mass is 9.87. The predicted molar refractivity (Wildman–Crippen MR) is 129 cm³/mol. The number of nitrogens with one attached hydrogen (secondary N) is 1. The van der Waals surface area contributed by atoms with Gasteiger partial charge in [-0.15, -0.1) is 16.4 Å². The lowest BCUT2D eigenvalue weighted by Crippen LogP contribution is -2.32. The van der Waals surface area contributed by atoms with Gasteiger partial charge < -0.3 is 10.1 Å². The van der Waals surface area contributed by atoms with Crippen LogP contribution in [0.4, 0.5) is 5.95 Å². The van der Waals surface area contributed by atoms with Crippen molar-refractivity contribution in [2.24, 2.45) is 0 Å². The van der Waals surface area contributed by atoms with Crippen molar-refractivity contribution in [1.29, 1.82) is 0 Å². The quantitative estimate of drug-likeness (QED) is 0.325. The third-order valence-electron chi connectivity index (χ3n) is 5.53. The Morgan fingerprint density at radius 1 is 1.10 bits per heavy atom. The summed E-state index contributed by atoms with van der Waals surface area (Å²) in [6.07, 6.45) is 1.76. The molecule has 0 bridgehead atoms. The van der Waals surface area contributed by atoms with E-state index in [-0.39, 0.29) is 12.1 Å². The van der Waals surface area contributed by atoms with Crippen molar-refractivity contribution in [2.45, 2.75) is 17.3 Å². The van der Waals surface area contributed by atoms with Gasteiger partial charge in [-0.2, -0.15) is 4.98 Å². The molecular weight excluding hydrogens is 492 g/mol. The van der Waals surface area contributed by atoms with E-state index in [1.165, 1.54) is 4.88 Å². The van der Waals surface area contributed by atoms with Gasteiger partial charge in [0.05, 0.1) is 5.70 Å². The van der Waals surface area contributed by atoms with Crippen molar-refractivity contribution in [3.63, 3.8) is 0 Å². The second-order valence-electron chi connectivity index (χ2n) is 7.29. The fourth-order valence-corrected chi connectivity index (χ4v) is 5.62. The van der Waals surface area contributed by atoms with E-state index in [1.54, 1.807) is 23.1 Å². The second kappa shape index (κ2) is 7.55. The summed E-state index contributed by atoms with van der Waals surface area (Å²) in [7, 11) is 0. The van der Waals surface area contributed by atoms with Crippen LogP contribution in [0.3, 0.4) is 0 Å². The summed E-state index contributed by atoms with van der Waals surface area (Å²) in [5.74, 6) is 1.62. The van der Waals surface area contributed by atoms with Gasteiger partial charge in [-0.25, -0.2) is 4.68 Å². The molecule has 0 aliphatic carbocycles. The highest BCUT2D eigenvalue weighted by molar-refractivity contribution is 9.10. The molecule has 4 aromatic rings. The zero-order valence-corrected chi connectivity index (χ0v) is 19.7. The molecule has 0 spiro atoms. The minimum atomic E-state index is -0.243. The number of nitrogens with zero attached hydrogens (tertiary/aromatic N) is 3. The van der Waals surface area contributed by atoms with E-state index in [1.807, 2.05) is 29.1 Å². The molecule has 0 saturated carbocycles. The van der Waals surface area contributed by atoms with Crippen LogP contribution in [0.25, 0.3) is 5.70 Å². The Balaban J connectivity index is 1.62. The van der Waals surface area contributed by atoms with Crippen molar-refractivity contribution in [3.8, 4) is 5.75 Å². The third kappa shape index (κ3) is 3.12. The fourth-order valence-electron chi connectivity index (χ4n) is 4.18. The zero-order valence-electron chi connectivity index (χ0n) is 16.4. The van der Waals surface area contributed by atoms with Crippen molar-refractivity contribution in [2.75, 3.05) is 11.6 Å². The number of thiophene rings is 1. The summed E-state index contributed by atoms with van der Waals surface area (Å²) < 4.78 is 9.67. The maximum absolute atomic E-state index is 6.63. The lowest BCUT2D eigenvalue weighted by molar-refractivity contribution is 0.223. The number of halogens is 1. The second-order valence-corrected chi connectivity index (χ2v) is 9.95. The first-order chi connectivity index (χ1) is 15.2. The van der Waals surface area contributed by atoms with Gasteiger partial charge in [0, 0.05) is 20.5 Å². The monoisotopic (exact) mass is 508 g/mol. The predicted octanol–water partition coefficient (Wildman–Crippen LogP) is 6.38. The number of para-hydroxylation sites is 1. The summed E-state index contributed by atoms with van der Waals surface area (Å²) >= 11 is 6.82. The normalized spacial score (nSPS) is 19.2. The number of fused-ring (bicyclic) bond motifs is 3. The van der Waals surface area contributed by atoms with Crippen LogP contribution in [0.15, 0.2) is 81.2 Å². The van der Waals surface area contributed by atoms with Crippen molar-refractivity contribution in [1.82, 2.24) is 14.8 Å². The molecule has 31 heavy (non-hydrogen) atoms. The molecule has 5 nitrogen and oxygen atoms in total. The Labute approximate surface area is 196 Å². The molecule has 2 aromatic carbocycles. The summed E-state index contributed by atoms with van der Waals surface area (Å²) in [6, 6.07) is 20.7. The van der Waals surface area contributed by atoms with Gasteiger partial charge in [0.15, 0.2) is 0 Å². The minimum absolute atomic E-state index is 0.0957. The molecule has 8 heteroatoms. The fraction of sp³-hybridized carbons (Fsp3) is 0.130. The highest BCUT2D eigenvalue weighted by Gasteiger charge is 2.41. The number of hydrogen-bond donors (Lipinski definition) is 1. The Hall–Kier alpha value is -2.55. The molecule has 0 amide bonds. The Bertz CT molecular complexity index is 1300. The standard InChI is InChI=1S/C23H17BrN4OS2/c1-30-23-26-22-25-19-15-5-2-3-6-16(15)29-21(13-8-10-14(24)11-9-13)18(19)20(28(22)27-23)17-7-4-12-31-17/h2-12,20-21H,1H3,(H,25,26,27)/t20-,21+/m0/s1. The first kappa shape index (κ1) is 19.2. The average Bonchev–Trinajstić information content (AvgIpc) is 3.47. The molecule has 2 aromatic heterocycles. The van der Waals surface area contributed by atoms with Crippen molar-refractivity contribution in [3.05, 3.63) is 92.1 Å². The molecule has 4 heterocycles. The average molecular weight is 509 g/mol. The van der Waals surface area contributed by atoms with E-state index < -0.39 is 0 Å². The SMILES string of the molecule is CSc1nc2n(n1)[C@@H](c1cccs1)C1=C(N2)c2ccccc2O[C@@H]1c1ccc(Br)cc1. The number of aromatic nitrogens is 3. The van der Waals surface area contributed by atoms with Crippen molar-refractivity contribution >= 4 is 50.7 Å². The van der Waals surface area contributed by atoms with E-state index in [4.69, 9.17) is 14.8 Å². The van der Waals surface area contributed by atoms with E-state index >= 15 is 0 Å². The highest BCUT2D eigenvalue weighted by atomic mass is 79.9. The van der Waals surface area contributed by atoms with Gasteiger partial charge in [-0.3, -0.25) is 0 Å². The summed E-state index contributed by atoms with van der Waals surface area (Å²) in [4.78, 5) is 5.94. The molecule has 0 saturated heterocycles. The van der Waals surface area contributed by atoms with E-state index in [2.05, 4.69) is 69.1 Å². The van der Waals surface area contributed by atoms with Crippen LogP contribution >= 0.6 is 39.0 Å². The first-order valence-electron chi connectivity index (χ1n) is 9.79. The van der Waals surface area contributed by atoms with Crippen LogP contribution in [0, 0.1) is 0 Å². The molecule has 1 N–H and O–H groups in total. The van der Waals surface area contributed by atoms with E-state index in [0.29, 0.717) is 0 Å². The largest absolute Gasteiger partial charge is 0.480 e. The van der Waals surface area contributed by atoms with Gasteiger partial charge in [-0.05, 0) is 47.5 Å². The summed E-state index contributed by atoms with van der Waals surface area (Å²) in [5.41, 5.74) is 4.35. The number of thioether (sulfide) groups is 1. The summed E-state index contributed by atoms with van der Waals surface area (Å²) in [5, 5.41) is 11.3. The molecule has 2 aliphatic heterocycles. The highest BCUT2D eigenvalue weighted by Crippen LogP contribution is 2.51. The van der Waals surface area contributed by atoms with Crippen LogP contribution in [0.1, 0.15) is 28.1 Å². The number of hydrogen-bond acceptors (Lipinski definition) is 6. The Morgan fingerprint density at radius 2 is 1.94 bits per heavy atom. The Morgan fingerprint density at radius 3 is 2.71 bits per heavy atom. The molecule has 0 radical (unpaired) electrons. The molecule has 2 aliphatic rings. The van der Waals surface area contributed by atoms with E-state index in [9.17, 15) is 0 Å². The number of benzene rings is 2. The Kier molecular flexibility index (Phi) is 4.66. The number of anilines is 1. The van der Waals surface area contributed by atoms with Crippen molar-refractivity contribution < 1.29 is 4.74 Å². The van der Waals surface area contributed by atoms with Crippen LogP contribution < -0.4 is 10.1 Å². The molecule has 154 valence electrons. The van der Waals surface area contributed by atoms with Gasteiger partial charge in [0.2, 0.25) is 11.1 Å². The smallest absolute Gasteiger partial charge is 0.227 e. The number of ether oxygens (including phenoxy) is 1. The van der Waals surface area contributed by atoms with Crippen LogP contribution in [-0.2, 0) is 0 Å².